The standard InChI is InChI=1S/C6H6O8S2.Na.H4O7P2/c7-4-1-3(15(9,10)11)2-5(6(4)8)16(12,13)14;;1-8(2,3)7-9(4,5)6/h1-2,7-8H,(H,9,10,11)(H,12,13,14);;(H2,1,2,3)(H2,4,5,6)/q;+1;/p-1. The second-order valence-corrected chi connectivity index (χ2v) is 9.16. The average molecular weight is 470 g/mol. The van der Waals surface area contributed by atoms with Crippen LogP contribution >= 0.6 is 15.6 Å². The zero-order chi connectivity index (χ0) is 20.4. The summed E-state index contributed by atoms with van der Waals surface area (Å²) in [6.45, 7) is 0. The van der Waals surface area contributed by atoms with Crippen LogP contribution in [0.4, 0.5) is 0 Å². The van der Waals surface area contributed by atoms with E-state index in [1.54, 1.807) is 0 Å². The summed E-state index contributed by atoms with van der Waals surface area (Å²) < 4.78 is 81.9. The van der Waals surface area contributed by atoms with Crippen molar-refractivity contribution in [3.8, 4) is 11.5 Å². The largest absolute Gasteiger partial charge is 1.00 e. The van der Waals surface area contributed by atoms with Gasteiger partial charge in [-0.05, 0) is 6.07 Å². The predicted molar refractivity (Wildman–Crippen MR) is 72.4 cm³/mol. The van der Waals surface area contributed by atoms with Gasteiger partial charge >= 0.3 is 37.4 Å². The Kier molecular flexibility index (Phi) is 10.2. The minimum atomic E-state index is -5.30. The van der Waals surface area contributed by atoms with Crippen LogP contribution in [0.1, 0.15) is 0 Å². The van der Waals surface area contributed by atoms with E-state index in [9.17, 15) is 30.9 Å². The molecule has 0 aliphatic heterocycles. The number of rotatable bonds is 4. The van der Waals surface area contributed by atoms with Crippen LogP contribution in [-0.4, -0.2) is 50.8 Å². The molecule has 0 aromatic heterocycles. The first-order chi connectivity index (χ1) is 10.7. The van der Waals surface area contributed by atoms with Crippen molar-refractivity contribution in [3.05, 3.63) is 12.1 Å². The van der Waals surface area contributed by atoms with Gasteiger partial charge in [-0.3, -0.25) is 13.7 Å². The molecule has 0 heterocycles. The summed E-state index contributed by atoms with van der Waals surface area (Å²) in [5.41, 5.74) is 0. The monoisotopic (exact) mass is 470 g/mol. The number of aromatic hydroxyl groups is 2. The maximum atomic E-state index is 10.7. The fourth-order valence-electron chi connectivity index (χ4n) is 1.05. The van der Waals surface area contributed by atoms with Gasteiger partial charge in [-0.25, -0.2) is 8.88 Å². The Morgan fingerprint density at radius 1 is 0.923 bits per heavy atom. The van der Waals surface area contributed by atoms with Crippen LogP contribution < -0.4 is 34.5 Å². The van der Waals surface area contributed by atoms with Gasteiger partial charge in [-0.2, -0.15) is 16.8 Å². The molecule has 146 valence electrons. The predicted octanol–water partition coefficient (Wildman–Crippen LogP) is -4.85. The van der Waals surface area contributed by atoms with Crippen molar-refractivity contribution in [1.29, 1.82) is 0 Å². The molecule has 0 spiro atoms. The third kappa shape index (κ3) is 10.9. The summed E-state index contributed by atoms with van der Waals surface area (Å²) in [6, 6.07) is 0.735. The molecule has 1 atom stereocenters. The zero-order valence-electron chi connectivity index (χ0n) is 12.3. The van der Waals surface area contributed by atoms with E-state index in [1.165, 1.54) is 0 Å². The van der Waals surface area contributed by atoms with Crippen LogP contribution in [0.3, 0.4) is 0 Å². The average Bonchev–Trinajstić information content (AvgIpc) is 2.25. The van der Waals surface area contributed by atoms with Gasteiger partial charge in [0.25, 0.3) is 28.1 Å². The molecule has 0 saturated carbocycles. The Morgan fingerprint density at radius 3 is 1.58 bits per heavy atom. The van der Waals surface area contributed by atoms with Gasteiger partial charge in [0.1, 0.15) is 4.90 Å². The fraction of sp³-hybridized carbons (Fsp3) is 0. The molecule has 26 heavy (non-hydrogen) atoms. The summed E-state index contributed by atoms with van der Waals surface area (Å²) in [5.74, 6) is -2.32. The Labute approximate surface area is 167 Å². The first-order valence-corrected chi connectivity index (χ1v) is 11.0. The summed E-state index contributed by atoms with van der Waals surface area (Å²) in [5, 5.41) is 18.1. The van der Waals surface area contributed by atoms with Gasteiger partial charge < -0.3 is 29.8 Å². The molecule has 20 heteroatoms. The first-order valence-electron chi connectivity index (χ1n) is 5.05. The minimum Gasteiger partial charge on any atom is -0.756 e. The van der Waals surface area contributed by atoms with Crippen molar-refractivity contribution in [3.63, 3.8) is 0 Å². The van der Waals surface area contributed by atoms with Crippen molar-refractivity contribution >= 4 is 35.9 Å². The molecule has 0 bridgehead atoms. The molecule has 0 radical (unpaired) electrons. The van der Waals surface area contributed by atoms with E-state index >= 15 is 0 Å². The van der Waals surface area contributed by atoms with Gasteiger partial charge in [0.2, 0.25) is 0 Å². The van der Waals surface area contributed by atoms with E-state index in [0.717, 1.165) is 0 Å². The van der Waals surface area contributed by atoms with Crippen LogP contribution in [0.25, 0.3) is 0 Å². The molecule has 0 aliphatic rings. The van der Waals surface area contributed by atoms with Crippen LogP contribution in [0, 0.1) is 0 Å². The van der Waals surface area contributed by atoms with E-state index < -0.39 is 57.2 Å². The fourth-order valence-corrected chi connectivity index (χ4v) is 3.35. The maximum Gasteiger partial charge on any atom is 1.00 e. The number of phenolic OH excluding ortho intramolecular Hbond substituents is 2. The van der Waals surface area contributed by atoms with Crippen LogP contribution in [0.15, 0.2) is 21.9 Å². The quantitative estimate of drug-likeness (QED) is 0.0940. The molecule has 1 aromatic carbocycles. The molecular weight excluding hydrogens is 461 g/mol. The molecule has 15 nitrogen and oxygen atoms in total. The zero-order valence-corrected chi connectivity index (χ0v) is 17.7. The van der Waals surface area contributed by atoms with E-state index in [-0.39, 0.29) is 29.6 Å². The van der Waals surface area contributed by atoms with Crippen molar-refractivity contribution < 1.29 is 98.7 Å². The molecule has 1 rings (SSSR count). The summed E-state index contributed by atoms with van der Waals surface area (Å²) in [4.78, 5) is 30.4. The van der Waals surface area contributed by atoms with Gasteiger partial charge in [0.15, 0.2) is 11.5 Å². The van der Waals surface area contributed by atoms with Gasteiger partial charge in [-0.15, -0.1) is 0 Å². The smallest absolute Gasteiger partial charge is 0.756 e. The summed E-state index contributed by atoms with van der Waals surface area (Å²) in [6.07, 6.45) is 0. The Balaban J connectivity index is 0. The van der Waals surface area contributed by atoms with Crippen molar-refractivity contribution in [2.75, 3.05) is 0 Å². The van der Waals surface area contributed by atoms with E-state index in [0.29, 0.717) is 12.1 Å². The molecular formula is C6H9NaO15P2S2. The van der Waals surface area contributed by atoms with Crippen LogP contribution in [0.2, 0.25) is 0 Å². The first kappa shape index (κ1) is 28.1. The molecule has 1 aromatic rings. The maximum absolute atomic E-state index is 10.7. The Morgan fingerprint density at radius 2 is 1.35 bits per heavy atom. The molecule has 1 unspecified atom stereocenters. The van der Waals surface area contributed by atoms with Gasteiger partial charge in [0, 0.05) is 6.07 Å². The van der Waals surface area contributed by atoms with Crippen LogP contribution in [-0.2, 0) is 33.7 Å². The molecule has 7 N–H and O–H groups in total. The van der Waals surface area contributed by atoms with E-state index in [1.807, 2.05) is 0 Å². The summed E-state index contributed by atoms with van der Waals surface area (Å²) >= 11 is 0. The van der Waals surface area contributed by atoms with Crippen molar-refractivity contribution in [2.24, 2.45) is 0 Å². The van der Waals surface area contributed by atoms with Gasteiger partial charge in [0.05, 0.1) is 4.90 Å². The number of hydrogen-bond acceptors (Lipinski definition) is 10. The minimum absolute atomic E-state index is 0. The topological polar surface area (TPSA) is 276 Å². The molecule has 0 fully saturated rings. The second-order valence-electron chi connectivity index (χ2n) is 3.78. The van der Waals surface area contributed by atoms with Crippen molar-refractivity contribution in [2.45, 2.75) is 9.79 Å². The number of phenols is 2. The van der Waals surface area contributed by atoms with Crippen molar-refractivity contribution in [1.82, 2.24) is 0 Å². The number of hydrogen-bond donors (Lipinski definition) is 7. The van der Waals surface area contributed by atoms with E-state index in [4.69, 9.17) is 34.0 Å². The SMILES string of the molecule is O=P([O-])(O)OP(=O)(O)O.O=S(=O)(O)c1cc(O)c(O)c(S(=O)(=O)O)c1.[Na+]. The third-order valence-electron chi connectivity index (χ3n) is 1.81. The van der Waals surface area contributed by atoms with Crippen LogP contribution in [0.5, 0.6) is 11.5 Å². The summed E-state index contributed by atoms with van der Waals surface area (Å²) in [7, 11) is -20.1. The second kappa shape index (κ2) is 9.40. The van der Waals surface area contributed by atoms with E-state index in [2.05, 4.69) is 4.31 Å². The normalized spacial score (nSPS) is 14.4. The molecule has 0 aliphatic carbocycles. The number of phosphoric acid groups is 2. The number of benzene rings is 1. The molecule has 0 saturated heterocycles. The Bertz CT molecular complexity index is 921. The van der Waals surface area contributed by atoms with Gasteiger partial charge in [-0.1, -0.05) is 0 Å². The Hall–Kier alpha value is -0.100. The molecule has 0 amide bonds. The third-order valence-corrected chi connectivity index (χ3v) is 5.19.